The molecule has 0 aliphatic carbocycles. The third-order valence-electron chi connectivity index (χ3n) is 5.21. The SMILES string of the molecule is CN(c1ncccn1)[C@H]1CO[C@@]2(CCCN(Cc3ccsc3)C2)C1. The number of likely N-dealkylation sites (tertiary alicyclic amines) is 1. The molecule has 2 aliphatic rings. The van der Waals surface area contributed by atoms with Crippen molar-refractivity contribution in [3.63, 3.8) is 0 Å². The van der Waals surface area contributed by atoms with Crippen LogP contribution in [0, 0.1) is 0 Å². The van der Waals surface area contributed by atoms with Crippen LogP contribution in [0.25, 0.3) is 0 Å². The van der Waals surface area contributed by atoms with Crippen molar-refractivity contribution in [2.75, 3.05) is 31.6 Å². The van der Waals surface area contributed by atoms with E-state index in [2.05, 4.69) is 43.6 Å². The van der Waals surface area contributed by atoms with E-state index in [9.17, 15) is 0 Å². The zero-order valence-electron chi connectivity index (χ0n) is 14.1. The molecular weight excluding hydrogens is 320 g/mol. The summed E-state index contributed by atoms with van der Waals surface area (Å²) in [6.07, 6.45) is 7.03. The van der Waals surface area contributed by atoms with Crippen LogP contribution in [-0.4, -0.2) is 53.3 Å². The minimum absolute atomic E-state index is 0.00196. The first-order chi connectivity index (χ1) is 11.7. The standard InChI is InChI=1S/C18H24N4OS/c1-21(17-19-6-3-7-20-17)16-10-18(23-12-16)5-2-8-22(14-18)11-15-4-9-24-13-15/h3-4,6-7,9,13,16H,2,5,8,10-12,14H2,1H3/t16-,18+/m1/s1. The van der Waals surface area contributed by atoms with Gasteiger partial charge in [0.1, 0.15) is 0 Å². The topological polar surface area (TPSA) is 41.5 Å². The second-order valence-corrected chi connectivity index (χ2v) is 7.74. The third kappa shape index (κ3) is 3.31. The van der Waals surface area contributed by atoms with Crippen LogP contribution >= 0.6 is 11.3 Å². The minimum atomic E-state index is 0.00196. The van der Waals surface area contributed by atoms with Crippen molar-refractivity contribution >= 4 is 17.3 Å². The molecule has 0 amide bonds. The van der Waals surface area contributed by atoms with Gasteiger partial charge >= 0.3 is 0 Å². The van der Waals surface area contributed by atoms with Crippen molar-refractivity contribution in [2.24, 2.45) is 0 Å². The van der Waals surface area contributed by atoms with Crippen molar-refractivity contribution in [1.82, 2.24) is 14.9 Å². The van der Waals surface area contributed by atoms with E-state index in [1.807, 2.05) is 6.07 Å². The van der Waals surface area contributed by atoms with Crippen molar-refractivity contribution in [1.29, 1.82) is 0 Å². The monoisotopic (exact) mass is 344 g/mol. The number of rotatable bonds is 4. The van der Waals surface area contributed by atoms with E-state index in [1.54, 1.807) is 23.7 Å². The fourth-order valence-electron chi connectivity index (χ4n) is 3.96. The lowest BCUT2D eigenvalue weighted by atomic mass is 9.88. The molecule has 0 radical (unpaired) electrons. The van der Waals surface area contributed by atoms with Crippen LogP contribution in [0.5, 0.6) is 0 Å². The number of anilines is 1. The molecule has 2 atom stereocenters. The second-order valence-electron chi connectivity index (χ2n) is 6.96. The van der Waals surface area contributed by atoms with E-state index in [0.29, 0.717) is 6.04 Å². The number of likely N-dealkylation sites (N-methyl/N-ethyl adjacent to an activating group) is 1. The van der Waals surface area contributed by atoms with E-state index in [0.717, 1.165) is 38.5 Å². The molecule has 5 nitrogen and oxygen atoms in total. The van der Waals surface area contributed by atoms with Gasteiger partial charge in [-0.15, -0.1) is 0 Å². The van der Waals surface area contributed by atoms with Crippen LogP contribution in [0.1, 0.15) is 24.8 Å². The quantitative estimate of drug-likeness (QED) is 0.853. The molecular formula is C18H24N4OS. The number of ether oxygens (including phenoxy) is 1. The number of thiophene rings is 1. The molecule has 0 unspecified atom stereocenters. The molecule has 0 bridgehead atoms. The molecule has 2 fully saturated rings. The molecule has 4 heterocycles. The molecule has 1 spiro atoms. The van der Waals surface area contributed by atoms with Gasteiger partial charge in [-0.05, 0) is 47.8 Å². The maximum Gasteiger partial charge on any atom is 0.225 e. The normalized spacial score (nSPS) is 27.6. The van der Waals surface area contributed by atoms with E-state index in [1.165, 1.54) is 18.5 Å². The van der Waals surface area contributed by atoms with Crippen molar-refractivity contribution in [3.8, 4) is 0 Å². The number of hydrogen-bond acceptors (Lipinski definition) is 6. The highest BCUT2D eigenvalue weighted by molar-refractivity contribution is 7.07. The average molecular weight is 344 g/mol. The Morgan fingerprint density at radius 1 is 1.42 bits per heavy atom. The van der Waals surface area contributed by atoms with Crippen LogP contribution in [0.2, 0.25) is 0 Å². The summed E-state index contributed by atoms with van der Waals surface area (Å²) in [7, 11) is 2.08. The maximum atomic E-state index is 6.35. The molecule has 4 rings (SSSR count). The predicted octanol–water partition coefficient (Wildman–Crippen LogP) is 2.80. The van der Waals surface area contributed by atoms with Crippen molar-refractivity contribution in [3.05, 3.63) is 40.8 Å². The molecule has 6 heteroatoms. The minimum Gasteiger partial charge on any atom is -0.371 e. The molecule has 2 aromatic rings. The summed E-state index contributed by atoms with van der Waals surface area (Å²) in [6, 6.07) is 4.44. The third-order valence-corrected chi connectivity index (χ3v) is 5.94. The zero-order valence-corrected chi connectivity index (χ0v) is 14.9. The van der Waals surface area contributed by atoms with Gasteiger partial charge in [-0.1, -0.05) is 0 Å². The average Bonchev–Trinajstić information content (AvgIpc) is 3.26. The van der Waals surface area contributed by atoms with Gasteiger partial charge in [0.25, 0.3) is 0 Å². The Kier molecular flexibility index (Phi) is 4.52. The van der Waals surface area contributed by atoms with Gasteiger partial charge in [-0.2, -0.15) is 11.3 Å². The fraction of sp³-hybridized carbons (Fsp3) is 0.556. The van der Waals surface area contributed by atoms with Gasteiger partial charge in [0.05, 0.1) is 18.2 Å². The Morgan fingerprint density at radius 3 is 3.08 bits per heavy atom. The fourth-order valence-corrected chi connectivity index (χ4v) is 4.62. The highest BCUT2D eigenvalue weighted by Crippen LogP contribution is 2.37. The second kappa shape index (κ2) is 6.78. The molecule has 24 heavy (non-hydrogen) atoms. The molecule has 0 saturated carbocycles. The van der Waals surface area contributed by atoms with Gasteiger partial charge in [0.2, 0.25) is 5.95 Å². The van der Waals surface area contributed by atoms with E-state index in [4.69, 9.17) is 4.74 Å². The lowest BCUT2D eigenvalue weighted by Gasteiger charge is -2.40. The Hall–Kier alpha value is -1.50. The van der Waals surface area contributed by atoms with Crippen LogP contribution in [0.4, 0.5) is 5.95 Å². The summed E-state index contributed by atoms with van der Waals surface area (Å²) in [5, 5.41) is 4.41. The van der Waals surface area contributed by atoms with Crippen molar-refractivity contribution < 1.29 is 4.74 Å². The van der Waals surface area contributed by atoms with Gasteiger partial charge < -0.3 is 9.64 Å². The molecule has 0 aromatic carbocycles. The maximum absolute atomic E-state index is 6.35. The summed E-state index contributed by atoms with van der Waals surface area (Å²) in [4.78, 5) is 13.5. The first-order valence-corrected chi connectivity index (χ1v) is 9.56. The lowest BCUT2D eigenvalue weighted by Crippen LogP contribution is -2.48. The lowest BCUT2D eigenvalue weighted by molar-refractivity contribution is -0.0533. The van der Waals surface area contributed by atoms with Crippen LogP contribution in [0.3, 0.4) is 0 Å². The van der Waals surface area contributed by atoms with E-state index in [-0.39, 0.29) is 5.60 Å². The van der Waals surface area contributed by atoms with Crippen LogP contribution < -0.4 is 4.90 Å². The number of piperidine rings is 1. The number of hydrogen-bond donors (Lipinski definition) is 0. The molecule has 2 saturated heterocycles. The molecule has 2 aromatic heterocycles. The Labute approximate surface area is 147 Å². The Morgan fingerprint density at radius 2 is 2.29 bits per heavy atom. The van der Waals surface area contributed by atoms with Gasteiger partial charge in [-0.25, -0.2) is 9.97 Å². The summed E-state index contributed by atoms with van der Waals surface area (Å²) in [6.45, 7) is 4.00. The summed E-state index contributed by atoms with van der Waals surface area (Å²) in [5.41, 5.74) is 1.42. The zero-order chi connectivity index (χ0) is 16.4. The van der Waals surface area contributed by atoms with Crippen molar-refractivity contribution in [2.45, 2.75) is 37.5 Å². The Bertz CT molecular complexity index is 650. The molecule has 128 valence electrons. The highest BCUT2D eigenvalue weighted by Gasteiger charge is 2.44. The van der Waals surface area contributed by atoms with Crippen LogP contribution in [0.15, 0.2) is 35.3 Å². The largest absolute Gasteiger partial charge is 0.371 e. The van der Waals surface area contributed by atoms with Gasteiger partial charge in [0, 0.05) is 39.0 Å². The molecule has 0 N–H and O–H groups in total. The van der Waals surface area contributed by atoms with E-state index >= 15 is 0 Å². The smallest absolute Gasteiger partial charge is 0.225 e. The van der Waals surface area contributed by atoms with Gasteiger partial charge in [-0.3, -0.25) is 4.90 Å². The Balaban J connectivity index is 1.41. The predicted molar refractivity (Wildman–Crippen MR) is 96.4 cm³/mol. The summed E-state index contributed by atoms with van der Waals surface area (Å²) < 4.78 is 6.35. The summed E-state index contributed by atoms with van der Waals surface area (Å²) >= 11 is 1.78. The number of aromatic nitrogens is 2. The van der Waals surface area contributed by atoms with Crippen LogP contribution in [-0.2, 0) is 11.3 Å². The number of nitrogens with zero attached hydrogens (tertiary/aromatic N) is 4. The summed E-state index contributed by atoms with van der Waals surface area (Å²) in [5.74, 6) is 0.786. The molecule has 2 aliphatic heterocycles. The first kappa shape index (κ1) is 16.0. The van der Waals surface area contributed by atoms with Gasteiger partial charge in [0.15, 0.2) is 0 Å². The highest BCUT2D eigenvalue weighted by atomic mass is 32.1. The first-order valence-electron chi connectivity index (χ1n) is 8.61. The van der Waals surface area contributed by atoms with E-state index < -0.39 is 0 Å².